The van der Waals surface area contributed by atoms with E-state index in [4.69, 9.17) is 10.9 Å². The van der Waals surface area contributed by atoms with Gasteiger partial charge in [0.05, 0.1) is 0 Å². The van der Waals surface area contributed by atoms with Gasteiger partial charge in [-0.05, 0) is 5.92 Å². The van der Waals surface area contributed by atoms with Crippen LogP contribution in [0.15, 0.2) is 5.16 Å². The number of nitrogens with two attached hydrogens (primary N) is 1. The molecule has 0 fully saturated rings. The highest BCUT2D eigenvalue weighted by Crippen LogP contribution is 2.09. The number of sulfonamides is 1. The van der Waals surface area contributed by atoms with Crippen molar-refractivity contribution < 1.29 is 22.0 Å². The monoisotopic (exact) mass is 315 g/mol. The van der Waals surface area contributed by atoms with Crippen LogP contribution in [0, 0.1) is 5.92 Å². The molecule has 0 aromatic heterocycles. The first kappa shape index (κ1) is 18.1. The van der Waals surface area contributed by atoms with Crippen LogP contribution in [-0.2, 0) is 19.9 Å². The van der Waals surface area contributed by atoms with Gasteiger partial charge >= 0.3 is 0 Å². The van der Waals surface area contributed by atoms with E-state index in [1.54, 1.807) is 0 Å². The van der Waals surface area contributed by atoms with Crippen molar-refractivity contribution in [1.29, 1.82) is 0 Å². The van der Waals surface area contributed by atoms with Crippen LogP contribution in [-0.4, -0.2) is 56.6 Å². The minimum atomic E-state index is -3.93. The molecule has 0 spiro atoms. The van der Waals surface area contributed by atoms with Crippen molar-refractivity contribution in [3.05, 3.63) is 0 Å². The topological polar surface area (TPSA) is 130 Å². The zero-order valence-corrected chi connectivity index (χ0v) is 12.9. The molecule has 0 aliphatic rings. The van der Waals surface area contributed by atoms with E-state index in [0.29, 0.717) is 0 Å². The lowest BCUT2D eigenvalue weighted by Crippen LogP contribution is -2.39. The Labute approximate surface area is 114 Å². The van der Waals surface area contributed by atoms with Crippen LogP contribution < -0.4 is 5.73 Å². The van der Waals surface area contributed by atoms with Gasteiger partial charge in [-0.15, -0.1) is 0 Å². The first-order valence-electron chi connectivity index (χ1n) is 5.60. The number of rotatable bonds is 8. The highest BCUT2D eigenvalue weighted by atomic mass is 32.3. The maximum absolute atomic E-state index is 12.0. The van der Waals surface area contributed by atoms with E-state index in [9.17, 15) is 16.8 Å². The molecule has 0 unspecified atom stereocenters. The fourth-order valence-corrected chi connectivity index (χ4v) is 5.04. The molecule has 0 amide bonds. The Morgan fingerprint density at radius 2 is 1.84 bits per heavy atom. The largest absolute Gasteiger partial charge is 0.409 e. The maximum atomic E-state index is 12.0. The fraction of sp³-hybridized carbons (Fsp3) is 0.889. The van der Waals surface area contributed by atoms with Crippen LogP contribution in [0.5, 0.6) is 0 Å². The molecule has 0 aliphatic heterocycles. The van der Waals surface area contributed by atoms with Gasteiger partial charge in [-0.2, -0.15) is 0 Å². The van der Waals surface area contributed by atoms with Crippen molar-refractivity contribution in [1.82, 2.24) is 4.31 Å². The van der Waals surface area contributed by atoms with Gasteiger partial charge in [-0.1, -0.05) is 19.0 Å². The summed E-state index contributed by atoms with van der Waals surface area (Å²) in [7, 11) is -7.57. The predicted molar refractivity (Wildman–Crippen MR) is 73.1 cm³/mol. The molecule has 0 radical (unpaired) electrons. The quantitative estimate of drug-likeness (QED) is 0.266. The van der Waals surface area contributed by atoms with Crippen LogP contribution in [0.2, 0.25) is 0 Å². The zero-order valence-electron chi connectivity index (χ0n) is 11.3. The molecule has 3 N–H and O–H groups in total. The summed E-state index contributed by atoms with van der Waals surface area (Å²) < 4.78 is 47.3. The Balaban J connectivity index is 5.03. The zero-order chi connectivity index (χ0) is 15.3. The van der Waals surface area contributed by atoms with Crippen molar-refractivity contribution >= 4 is 25.7 Å². The first-order chi connectivity index (χ1) is 8.48. The number of amidine groups is 1. The maximum Gasteiger partial charge on any atom is 0.228 e. The lowest BCUT2D eigenvalue weighted by Gasteiger charge is -2.23. The highest BCUT2D eigenvalue weighted by Gasteiger charge is 2.27. The molecule has 19 heavy (non-hydrogen) atoms. The average molecular weight is 315 g/mol. The van der Waals surface area contributed by atoms with Crippen LogP contribution in [0.3, 0.4) is 0 Å². The molecule has 8 nitrogen and oxygen atoms in total. The van der Waals surface area contributed by atoms with Crippen LogP contribution in [0.1, 0.15) is 20.3 Å². The molecule has 0 aliphatic carbocycles. The standard InChI is InChI=1S/C9H21N3O5S2/c1-8(2)6-12(5-4-9(10)11-13)19(16,17)7-18(3,14)15/h8,13H,4-7H2,1-3H3,(H2,10,11). The summed E-state index contributed by atoms with van der Waals surface area (Å²) in [6, 6.07) is 0. The Bertz CT molecular complexity index is 510. The smallest absolute Gasteiger partial charge is 0.228 e. The molecule has 0 aromatic rings. The number of nitrogens with zero attached hydrogens (tertiary/aromatic N) is 2. The van der Waals surface area contributed by atoms with Crippen molar-refractivity contribution in [2.45, 2.75) is 20.3 Å². The molecule has 0 saturated carbocycles. The molecule has 0 atom stereocenters. The third-order valence-electron chi connectivity index (χ3n) is 2.07. The second kappa shape index (κ2) is 7.06. The lowest BCUT2D eigenvalue weighted by atomic mass is 10.2. The molecular formula is C9H21N3O5S2. The van der Waals surface area contributed by atoms with Gasteiger partial charge in [0.1, 0.15) is 5.84 Å². The summed E-state index contributed by atoms with van der Waals surface area (Å²) in [6.45, 7) is 3.78. The van der Waals surface area contributed by atoms with Gasteiger partial charge in [0.25, 0.3) is 0 Å². The van der Waals surface area contributed by atoms with E-state index in [1.165, 1.54) is 0 Å². The third-order valence-corrected chi connectivity index (χ3v) is 6.09. The normalized spacial score (nSPS) is 14.3. The average Bonchev–Trinajstić information content (AvgIpc) is 2.19. The Kier molecular flexibility index (Phi) is 6.73. The van der Waals surface area contributed by atoms with Crippen molar-refractivity contribution in [2.75, 3.05) is 24.4 Å². The van der Waals surface area contributed by atoms with Crippen LogP contribution >= 0.6 is 0 Å². The second-order valence-electron chi connectivity index (χ2n) is 4.75. The Hall–Kier alpha value is -0.870. The summed E-state index contributed by atoms with van der Waals surface area (Å²) in [5, 5.41) is 10.2. The molecule has 10 heteroatoms. The number of sulfone groups is 1. The summed E-state index contributed by atoms with van der Waals surface area (Å²) in [5.41, 5.74) is 5.28. The number of hydrogen-bond donors (Lipinski definition) is 2. The summed E-state index contributed by atoms with van der Waals surface area (Å²) in [5.74, 6) is -0.0788. The molecular weight excluding hydrogens is 294 g/mol. The molecule has 114 valence electrons. The minimum Gasteiger partial charge on any atom is -0.409 e. The van der Waals surface area contributed by atoms with E-state index in [-0.39, 0.29) is 31.3 Å². The van der Waals surface area contributed by atoms with E-state index in [2.05, 4.69) is 5.16 Å². The highest BCUT2D eigenvalue weighted by molar-refractivity contribution is 8.06. The van der Waals surface area contributed by atoms with Gasteiger partial charge in [0.2, 0.25) is 10.0 Å². The Morgan fingerprint density at radius 1 is 1.32 bits per heavy atom. The van der Waals surface area contributed by atoms with Gasteiger partial charge in [-0.25, -0.2) is 21.1 Å². The summed E-state index contributed by atoms with van der Waals surface area (Å²) in [6.07, 6.45) is 0.897. The minimum absolute atomic E-state index is 0.0219. The molecule has 0 rings (SSSR count). The van der Waals surface area contributed by atoms with Gasteiger partial charge in [0.15, 0.2) is 14.9 Å². The fourth-order valence-electron chi connectivity index (χ4n) is 1.39. The molecule has 0 saturated heterocycles. The number of oxime groups is 1. The van der Waals surface area contributed by atoms with E-state index in [0.717, 1.165) is 10.6 Å². The van der Waals surface area contributed by atoms with E-state index < -0.39 is 24.9 Å². The van der Waals surface area contributed by atoms with Gasteiger partial charge in [-0.3, -0.25) is 0 Å². The third kappa shape index (κ3) is 8.01. The Morgan fingerprint density at radius 3 is 2.21 bits per heavy atom. The van der Waals surface area contributed by atoms with Crippen molar-refractivity contribution in [3.63, 3.8) is 0 Å². The van der Waals surface area contributed by atoms with Crippen molar-refractivity contribution in [2.24, 2.45) is 16.8 Å². The van der Waals surface area contributed by atoms with E-state index in [1.807, 2.05) is 13.8 Å². The second-order valence-corrected chi connectivity index (χ2v) is 9.22. The van der Waals surface area contributed by atoms with Crippen LogP contribution in [0.4, 0.5) is 0 Å². The summed E-state index contributed by atoms with van der Waals surface area (Å²) >= 11 is 0. The first-order valence-corrected chi connectivity index (χ1v) is 9.27. The number of hydrogen-bond acceptors (Lipinski definition) is 6. The molecule has 0 heterocycles. The predicted octanol–water partition coefficient (Wildman–Crippen LogP) is -0.587. The van der Waals surface area contributed by atoms with Crippen molar-refractivity contribution in [3.8, 4) is 0 Å². The SMILES string of the molecule is CC(C)CN(CCC(N)=NO)S(=O)(=O)CS(C)(=O)=O. The lowest BCUT2D eigenvalue weighted by molar-refractivity contribution is 0.314. The van der Waals surface area contributed by atoms with Gasteiger partial charge < -0.3 is 10.9 Å². The van der Waals surface area contributed by atoms with Crippen LogP contribution in [0.25, 0.3) is 0 Å². The summed E-state index contributed by atoms with van der Waals surface area (Å²) in [4.78, 5) is 0. The molecule has 0 bridgehead atoms. The molecule has 0 aromatic carbocycles. The van der Waals surface area contributed by atoms with Gasteiger partial charge in [0, 0.05) is 25.8 Å². The van der Waals surface area contributed by atoms with E-state index >= 15 is 0 Å².